The van der Waals surface area contributed by atoms with Crippen LogP contribution in [0.3, 0.4) is 0 Å². The van der Waals surface area contributed by atoms with E-state index in [4.69, 9.17) is 4.74 Å². The first-order chi connectivity index (χ1) is 15.1. The Bertz CT molecular complexity index is 940. The van der Waals surface area contributed by atoms with Gasteiger partial charge in [0.05, 0.1) is 13.7 Å². The molecule has 0 saturated heterocycles. The van der Waals surface area contributed by atoms with Gasteiger partial charge in [0, 0.05) is 24.4 Å². The number of ether oxygens (including phenoxy) is 3. The molecule has 2 rings (SSSR count). The zero-order chi connectivity index (χ0) is 23.7. The molecule has 13 heteroatoms. The molecule has 0 fully saturated rings. The first kappa shape index (κ1) is 24.6. The SMILES string of the molecule is COc1cc(C(=O)NCC(=O)NCc2ccnc(OCC(F)(F)F)c2)ccc1OC(F)F. The summed E-state index contributed by atoms with van der Waals surface area (Å²) in [5, 5.41) is 4.81. The van der Waals surface area contributed by atoms with Crippen LogP contribution in [0.5, 0.6) is 17.4 Å². The predicted octanol–water partition coefficient (Wildman–Crippen LogP) is 2.68. The number of hydrogen-bond donors (Lipinski definition) is 2. The molecule has 0 aliphatic heterocycles. The van der Waals surface area contributed by atoms with Gasteiger partial charge in [-0.15, -0.1) is 0 Å². The van der Waals surface area contributed by atoms with Crippen LogP contribution in [0.15, 0.2) is 36.5 Å². The summed E-state index contributed by atoms with van der Waals surface area (Å²) in [7, 11) is 1.21. The summed E-state index contributed by atoms with van der Waals surface area (Å²) in [6.45, 7) is -5.03. The van der Waals surface area contributed by atoms with Gasteiger partial charge in [0.25, 0.3) is 5.91 Å². The average Bonchev–Trinajstić information content (AvgIpc) is 2.74. The standard InChI is InChI=1S/C19H18F5N3O5/c1-30-14-7-12(2-3-13(14)32-18(20)21)17(29)27-9-15(28)26-8-11-4-5-25-16(6-11)31-10-19(22,23)24/h2-7,18H,8-10H2,1H3,(H,26,28)(H,27,29). The second-order valence-corrected chi connectivity index (χ2v) is 6.11. The molecule has 1 heterocycles. The summed E-state index contributed by atoms with van der Waals surface area (Å²) in [5.74, 6) is -1.86. The van der Waals surface area contributed by atoms with Crippen molar-refractivity contribution in [2.24, 2.45) is 0 Å². The maximum absolute atomic E-state index is 12.4. The summed E-state index contributed by atoms with van der Waals surface area (Å²) in [6.07, 6.45) is -3.28. The van der Waals surface area contributed by atoms with Crippen LogP contribution in [0, 0.1) is 0 Å². The van der Waals surface area contributed by atoms with E-state index in [1.165, 1.54) is 37.6 Å². The highest BCUT2D eigenvalue weighted by Gasteiger charge is 2.28. The van der Waals surface area contributed by atoms with Gasteiger partial charge in [-0.2, -0.15) is 22.0 Å². The Hall–Kier alpha value is -3.64. The Morgan fingerprint density at radius 2 is 1.84 bits per heavy atom. The molecule has 2 amide bonds. The van der Waals surface area contributed by atoms with Crippen LogP contribution >= 0.6 is 0 Å². The van der Waals surface area contributed by atoms with E-state index in [0.29, 0.717) is 5.56 Å². The van der Waals surface area contributed by atoms with E-state index in [1.807, 2.05) is 0 Å². The number of carbonyl (C=O) groups excluding carboxylic acids is 2. The van der Waals surface area contributed by atoms with Crippen LogP contribution in [0.2, 0.25) is 0 Å². The fourth-order valence-corrected chi connectivity index (χ4v) is 2.32. The van der Waals surface area contributed by atoms with E-state index in [9.17, 15) is 31.5 Å². The minimum absolute atomic E-state index is 0.0388. The third kappa shape index (κ3) is 8.24. The van der Waals surface area contributed by atoms with Gasteiger partial charge in [0.1, 0.15) is 0 Å². The molecule has 2 aromatic rings. The summed E-state index contributed by atoms with van der Waals surface area (Å²) >= 11 is 0. The number of pyridine rings is 1. The number of carbonyl (C=O) groups is 2. The minimum atomic E-state index is -4.51. The Kier molecular flexibility index (Phi) is 8.55. The molecule has 0 aliphatic carbocycles. The second kappa shape index (κ2) is 11.1. The van der Waals surface area contributed by atoms with Crippen molar-refractivity contribution in [3.8, 4) is 17.4 Å². The molecule has 32 heavy (non-hydrogen) atoms. The Morgan fingerprint density at radius 1 is 1.09 bits per heavy atom. The fourth-order valence-electron chi connectivity index (χ4n) is 2.32. The third-order valence-electron chi connectivity index (χ3n) is 3.72. The first-order valence-electron chi connectivity index (χ1n) is 8.89. The third-order valence-corrected chi connectivity index (χ3v) is 3.72. The van der Waals surface area contributed by atoms with Crippen molar-refractivity contribution in [2.75, 3.05) is 20.3 Å². The molecular weight excluding hydrogens is 445 g/mol. The zero-order valence-electron chi connectivity index (χ0n) is 16.5. The maximum atomic E-state index is 12.4. The van der Waals surface area contributed by atoms with Crippen molar-refractivity contribution in [3.05, 3.63) is 47.7 Å². The van der Waals surface area contributed by atoms with Crippen molar-refractivity contribution < 1.29 is 45.8 Å². The van der Waals surface area contributed by atoms with Crippen LogP contribution in [0.1, 0.15) is 15.9 Å². The zero-order valence-corrected chi connectivity index (χ0v) is 16.5. The molecule has 8 nitrogen and oxygen atoms in total. The number of methoxy groups -OCH3 is 1. The highest BCUT2D eigenvalue weighted by molar-refractivity contribution is 5.97. The van der Waals surface area contributed by atoms with E-state index in [0.717, 1.165) is 6.07 Å². The number of amides is 2. The van der Waals surface area contributed by atoms with Crippen LogP contribution < -0.4 is 24.8 Å². The smallest absolute Gasteiger partial charge is 0.422 e. The predicted molar refractivity (Wildman–Crippen MR) is 99.6 cm³/mol. The molecular formula is C19H18F5N3O5. The van der Waals surface area contributed by atoms with Crippen LogP contribution in [0.4, 0.5) is 22.0 Å². The highest BCUT2D eigenvalue weighted by atomic mass is 19.4. The number of rotatable bonds is 10. The van der Waals surface area contributed by atoms with E-state index in [-0.39, 0.29) is 29.5 Å². The van der Waals surface area contributed by atoms with Crippen molar-refractivity contribution >= 4 is 11.8 Å². The van der Waals surface area contributed by atoms with E-state index < -0.39 is 37.8 Å². The minimum Gasteiger partial charge on any atom is -0.493 e. The maximum Gasteiger partial charge on any atom is 0.422 e. The molecule has 0 saturated carbocycles. The topological polar surface area (TPSA) is 98.8 Å². The number of benzene rings is 1. The lowest BCUT2D eigenvalue weighted by molar-refractivity contribution is -0.154. The molecule has 0 spiro atoms. The largest absolute Gasteiger partial charge is 0.493 e. The van der Waals surface area contributed by atoms with E-state index in [1.54, 1.807) is 0 Å². The van der Waals surface area contributed by atoms with Gasteiger partial charge in [-0.25, -0.2) is 4.98 Å². The van der Waals surface area contributed by atoms with Gasteiger partial charge >= 0.3 is 12.8 Å². The van der Waals surface area contributed by atoms with Crippen molar-refractivity contribution in [3.63, 3.8) is 0 Å². The monoisotopic (exact) mass is 463 g/mol. The lowest BCUT2D eigenvalue weighted by atomic mass is 10.2. The number of alkyl halides is 5. The van der Waals surface area contributed by atoms with E-state index in [2.05, 4.69) is 25.1 Å². The number of hydrogen-bond acceptors (Lipinski definition) is 6. The molecule has 0 unspecified atom stereocenters. The second-order valence-electron chi connectivity index (χ2n) is 6.11. The van der Waals surface area contributed by atoms with E-state index >= 15 is 0 Å². The summed E-state index contributed by atoms with van der Waals surface area (Å²) in [5.41, 5.74) is 0.466. The number of aromatic nitrogens is 1. The van der Waals surface area contributed by atoms with Gasteiger partial charge in [0.15, 0.2) is 18.1 Å². The molecule has 2 N–H and O–H groups in total. The Labute approximate surface area is 178 Å². The van der Waals surface area contributed by atoms with Crippen molar-refractivity contribution in [1.82, 2.24) is 15.6 Å². The lowest BCUT2D eigenvalue weighted by Gasteiger charge is -2.12. The Balaban J connectivity index is 1.85. The summed E-state index contributed by atoms with van der Waals surface area (Å²) in [4.78, 5) is 27.8. The first-order valence-corrected chi connectivity index (χ1v) is 8.89. The average molecular weight is 463 g/mol. The van der Waals surface area contributed by atoms with Gasteiger partial charge in [0.2, 0.25) is 11.8 Å². The molecule has 1 aromatic carbocycles. The number of nitrogens with zero attached hydrogens (tertiary/aromatic N) is 1. The molecule has 0 aliphatic rings. The van der Waals surface area contributed by atoms with Gasteiger partial charge in [-0.05, 0) is 29.8 Å². The van der Waals surface area contributed by atoms with Gasteiger partial charge < -0.3 is 24.8 Å². The number of nitrogens with one attached hydrogen (secondary N) is 2. The van der Waals surface area contributed by atoms with Crippen molar-refractivity contribution in [2.45, 2.75) is 19.3 Å². The molecule has 0 atom stereocenters. The summed E-state index contributed by atoms with van der Waals surface area (Å²) in [6, 6.07) is 6.22. The normalized spacial score (nSPS) is 11.1. The molecule has 174 valence electrons. The summed E-state index contributed by atoms with van der Waals surface area (Å²) < 4.78 is 75.0. The van der Waals surface area contributed by atoms with Gasteiger partial charge in [-0.1, -0.05) is 0 Å². The molecule has 1 aromatic heterocycles. The van der Waals surface area contributed by atoms with Crippen LogP contribution in [-0.4, -0.2) is 49.8 Å². The molecule has 0 radical (unpaired) electrons. The molecule has 0 bridgehead atoms. The Morgan fingerprint density at radius 3 is 2.50 bits per heavy atom. The number of halogens is 5. The van der Waals surface area contributed by atoms with Gasteiger partial charge in [-0.3, -0.25) is 9.59 Å². The van der Waals surface area contributed by atoms with Crippen LogP contribution in [-0.2, 0) is 11.3 Å². The highest BCUT2D eigenvalue weighted by Crippen LogP contribution is 2.29. The fraction of sp³-hybridized carbons (Fsp3) is 0.316. The van der Waals surface area contributed by atoms with Crippen LogP contribution in [0.25, 0.3) is 0 Å². The quantitative estimate of drug-likeness (QED) is 0.526. The lowest BCUT2D eigenvalue weighted by Crippen LogP contribution is -2.36. The van der Waals surface area contributed by atoms with Crippen molar-refractivity contribution in [1.29, 1.82) is 0 Å².